The third-order valence-corrected chi connectivity index (χ3v) is 4.41. The van der Waals surface area contributed by atoms with Crippen LogP contribution in [0.4, 0.5) is 4.39 Å². The Morgan fingerprint density at radius 3 is 2.30 bits per heavy atom. The molecule has 0 spiro atoms. The summed E-state index contributed by atoms with van der Waals surface area (Å²) in [5, 5.41) is 0. The van der Waals surface area contributed by atoms with Gasteiger partial charge in [-0.25, -0.2) is 4.39 Å². The number of benzene rings is 1. The second kappa shape index (κ2) is 6.07. The summed E-state index contributed by atoms with van der Waals surface area (Å²) in [6.45, 7) is 7.86. The molecular weight excluding hydrogens is 298 g/mol. The van der Waals surface area contributed by atoms with Crippen molar-refractivity contribution in [1.29, 1.82) is 0 Å². The van der Waals surface area contributed by atoms with Crippen LogP contribution in [0.15, 0.2) is 23.7 Å². The monoisotopic (exact) mass is 320 g/mol. The van der Waals surface area contributed by atoms with E-state index in [4.69, 9.17) is 20.8 Å². The predicted molar refractivity (Wildman–Crippen MR) is 88.0 cm³/mol. The third-order valence-electron chi connectivity index (χ3n) is 4.41. The van der Waals surface area contributed by atoms with Crippen molar-refractivity contribution in [3.05, 3.63) is 40.6 Å². The number of halogens is 1. The highest BCUT2D eigenvalue weighted by Gasteiger charge is 2.52. The zero-order valence-corrected chi connectivity index (χ0v) is 13.9. The van der Waals surface area contributed by atoms with Crippen LogP contribution < -0.4 is 11.5 Å². The SMILES string of the molecule is CC1(C)OB(C(=Cc2cc(F)ccc2C(N)=O)CN)OC1(C)C. The number of carbonyl (C=O) groups is 1. The van der Waals surface area contributed by atoms with Gasteiger partial charge in [-0.2, -0.15) is 0 Å². The van der Waals surface area contributed by atoms with Gasteiger partial charge in [0.1, 0.15) is 5.82 Å². The minimum Gasteiger partial charge on any atom is -0.400 e. The highest BCUT2D eigenvalue weighted by molar-refractivity contribution is 6.56. The molecule has 1 aliphatic rings. The van der Waals surface area contributed by atoms with E-state index < -0.39 is 30.0 Å². The fourth-order valence-corrected chi connectivity index (χ4v) is 2.29. The van der Waals surface area contributed by atoms with E-state index >= 15 is 0 Å². The topological polar surface area (TPSA) is 87.6 Å². The Morgan fingerprint density at radius 1 is 1.26 bits per heavy atom. The van der Waals surface area contributed by atoms with Gasteiger partial charge in [-0.15, -0.1) is 0 Å². The first kappa shape index (κ1) is 17.7. The molecule has 0 atom stereocenters. The summed E-state index contributed by atoms with van der Waals surface area (Å²) in [5.41, 5.74) is 11.3. The lowest BCUT2D eigenvalue weighted by Crippen LogP contribution is -2.41. The van der Waals surface area contributed by atoms with Crippen LogP contribution in [-0.2, 0) is 9.31 Å². The van der Waals surface area contributed by atoms with Crippen LogP contribution in [0.2, 0.25) is 0 Å². The molecule has 1 heterocycles. The fraction of sp³-hybridized carbons (Fsp3) is 0.438. The van der Waals surface area contributed by atoms with Gasteiger partial charge in [0.05, 0.1) is 11.2 Å². The highest BCUT2D eigenvalue weighted by atomic mass is 19.1. The summed E-state index contributed by atoms with van der Waals surface area (Å²) >= 11 is 0. The van der Waals surface area contributed by atoms with Gasteiger partial charge in [-0.1, -0.05) is 6.08 Å². The van der Waals surface area contributed by atoms with E-state index in [1.807, 2.05) is 27.7 Å². The molecule has 1 fully saturated rings. The smallest absolute Gasteiger partial charge is 0.400 e. The lowest BCUT2D eigenvalue weighted by atomic mass is 9.77. The molecule has 0 unspecified atom stereocenters. The molecule has 0 radical (unpaired) electrons. The largest absolute Gasteiger partial charge is 0.491 e. The van der Waals surface area contributed by atoms with Gasteiger partial charge in [0.25, 0.3) is 0 Å². The first-order valence-electron chi connectivity index (χ1n) is 7.43. The van der Waals surface area contributed by atoms with Gasteiger partial charge in [0.15, 0.2) is 0 Å². The van der Waals surface area contributed by atoms with Crippen LogP contribution in [0.1, 0.15) is 43.6 Å². The second-order valence-electron chi connectivity index (χ2n) is 6.61. The van der Waals surface area contributed by atoms with Crippen molar-refractivity contribution in [3.8, 4) is 0 Å². The maximum Gasteiger partial charge on any atom is 0.491 e. The van der Waals surface area contributed by atoms with Crippen molar-refractivity contribution in [2.45, 2.75) is 38.9 Å². The molecule has 124 valence electrons. The number of hydrogen-bond acceptors (Lipinski definition) is 4. The lowest BCUT2D eigenvalue weighted by Gasteiger charge is -2.32. The van der Waals surface area contributed by atoms with Crippen molar-refractivity contribution >= 4 is 19.1 Å². The number of carbonyl (C=O) groups excluding carboxylic acids is 1. The molecule has 1 saturated heterocycles. The highest BCUT2D eigenvalue weighted by Crippen LogP contribution is 2.38. The Morgan fingerprint density at radius 2 is 1.83 bits per heavy atom. The molecule has 2 rings (SSSR count). The molecule has 1 amide bonds. The zero-order chi connectivity index (χ0) is 17.4. The molecule has 0 aliphatic carbocycles. The van der Waals surface area contributed by atoms with Crippen LogP contribution in [0, 0.1) is 5.82 Å². The van der Waals surface area contributed by atoms with E-state index in [9.17, 15) is 9.18 Å². The summed E-state index contributed by atoms with van der Waals surface area (Å²) in [4.78, 5) is 11.5. The second-order valence-corrected chi connectivity index (χ2v) is 6.61. The van der Waals surface area contributed by atoms with E-state index in [1.54, 1.807) is 6.08 Å². The minimum atomic E-state index is -0.658. The van der Waals surface area contributed by atoms with Gasteiger partial charge in [-0.3, -0.25) is 4.79 Å². The van der Waals surface area contributed by atoms with Crippen LogP contribution in [0.3, 0.4) is 0 Å². The Kier molecular flexibility index (Phi) is 4.66. The number of rotatable bonds is 4. The molecule has 1 aromatic rings. The van der Waals surface area contributed by atoms with Crippen molar-refractivity contribution < 1.29 is 18.5 Å². The van der Waals surface area contributed by atoms with E-state index in [2.05, 4.69) is 0 Å². The number of hydrogen-bond donors (Lipinski definition) is 2. The lowest BCUT2D eigenvalue weighted by molar-refractivity contribution is 0.00578. The maximum absolute atomic E-state index is 13.5. The molecular formula is C16H22BFN2O3. The number of primary amides is 1. The van der Waals surface area contributed by atoms with Crippen LogP contribution in [0.5, 0.6) is 0 Å². The quantitative estimate of drug-likeness (QED) is 0.830. The molecule has 5 nitrogen and oxygen atoms in total. The van der Waals surface area contributed by atoms with Crippen molar-refractivity contribution in [2.24, 2.45) is 11.5 Å². The summed E-state index contributed by atoms with van der Waals surface area (Å²) < 4.78 is 25.4. The molecule has 4 N–H and O–H groups in total. The molecule has 1 aliphatic heterocycles. The molecule has 23 heavy (non-hydrogen) atoms. The van der Waals surface area contributed by atoms with E-state index in [1.165, 1.54) is 18.2 Å². The maximum atomic E-state index is 13.5. The van der Waals surface area contributed by atoms with Crippen LogP contribution in [-0.4, -0.2) is 30.8 Å². The average Bonchev–Trinajstić information content (AvgIpc) is 2.64. The van der Waals surface area contributed by atoms with Crippen molar-refractivity contribution in [1.82, 2.24) is 0 Å². The first-order chi connectivity index (χ1) is 10.6. The van der Waals surface area contributed by atoms with E-state index in [0.717, 1.165) is 0 Å². The molecule has 7 heteroatoms. The Bertz CT molecular complexity index is 643. The van der Waals surface area contributed by atoms with Crippen LogP contribution in [0.25, 0.3) is 6.08 Å². The normalized spacial score (nSPS) is 19.9. The third kappa shape index (κ3) is 3.47. The molecule has 0 saturated carbocycles. The predicted octanol–water partition coefficient (Wildman–Crippen LogP) is 1.90. The van der Waals surface area contributed by atoms with Crippen molar-refractivity contribution in [3.63, 3.8) is 0 Å². The molecule has 0 aromatic heterocycles. The van der Waals surface area contributed by atoms with Crippen LogP contribution >= 0.6 is 0 Å². The summed E-state index contributed by atoms with van der Waals surface area (Å²) in [6, 6.07) is 3.78. The minimum absolute atomic E-state index is 0.144. The summed E-state index contributed by atoms with van der Waals surface area (Å²) in [6.07, 6.45) is 1.60. The van der Waals surface area contributed by atoms with Crippen molar-refractivity contribution in [2.75, 3.05) is 6.54 Å². The average molecular weight is 320 g/mol. The standard InChI is InChI=1S/C16H22BFN2O3/c1-15(2)16(3,4)23-17(22-15)11(9-19)7-10-8-12(18)5-6-13(10)14(20)21/h5-8H,9,19H2,1-4H3,(H2,20,21). The van der Waals surface area contributed by atoms with Gasteiger partial charge < -0.3 is 20.8 Å². The number of nitrogens with two attached hydrogens (primary N) is 2. The summed E-state index contributed by atoms with van der Waals surface area (Å²) in [5.74, 6) is -1.10. The Balaban J connectivity index is 2.41. The molecule has 1 aromatic carbocycles. The zero-order valence-electron chi connectivity index (χ0n) is 13.9. The van der Waals surface area contributed by atoms with E-state index in [0.29, 0.717) is 11.0 Å². The van der Waals surface area contributed by atoms with Gasteiger partial charge >= 0.3 is 7.12 Å². The fourth-order valence-electron chi connectivity index (χ4n) is 2.29. The Labute approximate surface area is 136 Å². The molecule has 0 bridgehead atoms. The Hall–Kier alpha value is -1.70. The van der Waals surface area contributed by atoms with E-state index in [-0.39, 0.29) is 12.1 Å². The van der Waals surface area contributed by atoms with Gasteiger partial charge in [0.2, 0.25) is 5.91 Å². The number of amides is 1. The van der Waals surface area contributed by atoms with Gasteiger partial charge in [0, 0.05) is 12.1 Å². The van der Waals surface area contributed by atoms with Gasteiger partial charge in [-0.05, 0) is 56.9 Å². The summed E-state index contributed by atoms with van der Waals surface area (Å²) in [7, 11) is -0.658. The first-order valence-corrected chi connectivity index (χ1v) is 7.43.